The predicted molar refractivity (Wildman–Crippen MR) is 54.6 cm³/mol. The Balaban J connectivity index is 1.91. The highest BCUT2D eigenvalue weighted by Gasteiger charge is 2.14. The third kappa shape index (κ3) is 4.15. The van der Waals surface area contributed by atoms with E-state index in [-0.39, 0.29) is 0 Å². The zero-order valence-electron chi connectivity index (χ0n) is 7.84. The van der Waals surface area contributed by atoms with E-state index < -0.39 is 0 Å². The molecule has 12 heavy (non-hydrogen) atoms. The van der Waals surface area contributed by atoms with Crippen LogP contribution in [0.15, 0.2) is 0 Å². The van der Waals surface area contributed by atoms with Gasteiger partial charge in [-0.25, -0.2) is 0 Å². The summed E-state index contributed by atoms with van der Waals surface area (Å²) >= 11 is 2.08. The maximum absolute atomic E-state index is 10.6. The van der Waals surface area contributed by atoms with Gasteiger partial charge in [-0.15, -0.1) is 0 Å². The summed E-state index contributed by atoms with van der Waals surface area (Å²) in [7, 11) is 0. The van der Waals surface area contributed by atoms with Gasteiger partial charge < -0.3 is 4.79 Å². The summed E-state index contributed by atoms with van der Waals surface area (Å²) < 4.78 is 0. The standard InChI is InChI=1S/C10H18OS/c1-9(11)4-2-3-5-10-6-7-12-8-10/h10H,2-8H2,1H3/t10-/m0/s1. The summed E-state index contributed by atoms with van der Waals surface area (Å²) in [6, 6.07) is 0. The highest BCUT2D eigenvalue weighted by atomic mass is 32.2. The van der Waals surface area contributed by atoms with Crippen LogP contribution in [0.2, 0.25) is 0 Å². The minimum absolute atomic E-state index is 0.343. The van der Waals surface area contributed by atoms with E-state index in [0.29, 0.717) is 5.78 Å². The first-order valence-electron chi connectivity index (χ1n) is 4.86. The molecular formula is C10H18OS. The fraction of sp³-hybridized carbons (Fsp3) is 0.900. The van der Waals surface area contributed by atoms with Gasteiger partial charge in [-0.1, -0.05) is 6.42 Å². The Morgan fingerprint density at radius 2 is 2.33 bits per heavy atom. The second-order valence-corrected chi connectivity index (χ2v) is 4.83. The average molecular weight is 186 g/mol. The molecule has 1 aliphatic rings. The Bertz CT molecular complexity index is 139. The molecule has 1 nitrogen and oxygen atoms in total. The van der Waals surface area contributed by atoms with Crippen molar-refractivity contribution in [2.45, 2.75) is 39.0 Å². The number of carbonyl (C=O) groups excluding carboxylic acids is 1. The third-order valence-corrected chi connectivity index (χ3v) is 3.65. The highest BCUT2D eigenvalue weighted by Crippen LogP contribution is 2.27. The van der Waals surface area contributed by atoms with Gasteiger partial charge in [0, 0.05) is 6.42 Å². The van der Waals surface area contributed by atoms with Crippen LogP contribution in [0.4, 0.5) is 0 Å². The molecule has 70 valence electrons. The zero-order valence-corrected chi connectivity index (χ0v) is 8.66. The van der Waals surface area contributed by atoms with Crippen LogP contribution in [0.25, 0.3) is 0 Å². The van der Waals surface area contributed by atoms with Gasteiger partial charge in [0.25, 0.3) is 0 Å². The van der Waals surface area contributed by atoms with E-state index in [2.05, 4.69) is 11.8 Å². The third-order valence-electron chi connectivity index (χ3n) is 2.42. The first-order valence-corrected chi connectivity index (χ1v) is 6.01. The summed E-state index contributed by atoms with van der Waals surface area (Å²) in [5.74, 6) is 4.02. The van der Waals surface area contributed by atoms with Gasteiger partial charge in [-0.05, 0) is 43.6 Å². The lowest BCUT2D eigenvalue weighted by Gasteiger charge is -2.05. The average Bonchev–Trinajstić information content (AvgIpc) is 2.49. The Labute approximate surface area is 79.3 Å². The highest BCUT2D eigenvalue weighted by molar-refractivity contribution is 7.99. The SMILES string of the molecule is CC(=O)CCCC[C@H]1CCSC1. The number of hydrogen-bond acceptors (Lipinski definition) is 2. The Kier molecular flexibility index (Phi) is 4.74. The first-order chi connectivity index (χ1) is 5.79. The summed E-state index contributed by atoms with van der Waals surface area (Å²) in [6.07, 6.45) is 5.91. The molecule has 0 unspecified atom stereocenters. The van der Waals surface area contributed by atoms with E-state index in [1.165, 1.54) is 30.8 Å². The molecule has 0 radical (unpaired) electrons. The molecule has 0 amide bonds. The van der Waals surface area contributed by atoms with E-state index in [0.717, 1.165) is 18.8 Å². The molecule has 1 heterocycles. The molecule has 0 saturated carbocycles. The van der Waals surface area contributed by atoms with E-state index >= 15 is 0 Å². The van der Waals surface area contributed by atoms with Crippen LogP contribution in [0, 0.1) is 5.92 Å². The quantitative estimate of drug-likeness (QED) is 0.614. The number of ketones is 1. The van der Waals surface area contributed by atoms with Gasteiger partial charge in [0.1, 0.15) is 5.78 Å². The van der Waals surface area contributed by atoms with Crippen molar-refractivity contribution >= 4 is 17.5 Å². The van der Waals surface area contributed by atoms with Gasteiger partial charge in [-0.3, -0.25) is 0 Å². The van der Waals surface area contributed by atoms with Crippen LogP contribution in [0.3, 0.4) is 0 Å². The molecule has 0 aromatic heterocycles. The summed E-state index contributed by atoms with van der Waals surface area (Å²) in [4.78, 5) is 10.6. The molecule has 1 atom stereocenters. The number of Topliss-reactive ketones (excluding diaryl/α,β-unsaturated/α-hetero) is 1. The molecule has 1 rings (SSSR count). The van der Waals surface area contributed by atoms with Crippen LogP contribution >= 0.6 is 11.8 Å². The summed E-state index contributed by atoms with van der Waals surface area (Å²) in [5, 5.41) is 0. The Morgan fingerprint density at radius 1 is 1.50 bits per heavy atom. The lowest BCUT2D eigenvalue weighted by atomic mass is 10.0. The lowest BCUT2D eigenvalue weighted by molar-refractivity contribution is -0.117. The molecule has 0 aromatic carbocycles. The van der Waals surface area contributed by atoms with Crippen molar-refractivity contribution < 1.29 is 4.79 Å². The molecule has 0 aliphatic carbocycles. The number of carbonyl (C=O) groups is 1. The molecule has 0 bridgehead atoms. The monoisotopic (exact) mass is 186 g/mol. The molecule has 0 spiro atoms. The molecule has 1 aliphatic heterocycles. The van der Waals surface area contributed by atoms with Crippen molar-refractivity contribution in [2.24, 2.45) is 5.92 Å². The van der Waals surface area contributed by atoms with Gasteiger partial charge in [-0.2, -0.15) is 11.8 Å². The van der Waals surface area contributed by atoms with Crippen molar-refractivity contribution in [3.63, 3.8) is 0 Å². The molecule has 0 N–H and O–H groups in total. The molecular weight excluding hydrogens is 168 g/mol. The van der Waals surface area contributed by atoms with Crippen molar-refractivity contribution in [2.75, 3.05) is 11.5 Å². The van der Waals surface area contributed by atoms with Crippen molar-refractivity contribution in [1.82, 2.24) is 0 Å². The first kappa shape index (κ1) is 10.1. The van der Waals surface area contributed by atoms with E-state index in [4.69, 9.17) is 0 Å². The number of rotatable bonds is 5. The smallest absolute Gasteiger partial charge is 0.129 e. The van der Waals surface area contributed by atoms with Crippen molar-refractivity contribution in [3.8, 4) is 0 Å². The normalized spacial score (nSPS) is 22.9. The molecule has 1 fully saturated rings. The minimum Gasteiger partial charge on any atom is -0.300 e. The summed E-state index contributed by atoms with van der Waals surface area (Å²) in [6.45, 7) is 1.69. The van der Waals surface area contributed by atoms with Gasteiger partial charge in [0.2, 0.25) is 0 Å². The van der Waals surface area contributed by atoms with Crippen LogP contribution in [0.5, 0.6) is 0 Å². The van der Waals surface area contributed by atoms with Crippen molar-refractivity contribution in [3.05, 3.63) is 0 Å². The number of thioether (sulfide) groups is 1. The Hall–Kier alpha value is 0.0200. The van der Waals surface area contributed by atoms with E-state index in [1.54, 1.807) is 6.92 Å². The molecule has 2 heteroatoms. The van der Waals surface area contributed by atoms with Crippen molar-refractivity contribution in [1.29, 1.82) is 0 Å². The van der Waals surface area contributed by atoms with E-state index in [9.17, 15) is 4.79 Å². The minimum atomic E-state index is 0.343. The maximum Gasteiger partial charge on any atom is 0.129 e. The maximum atomic E-state index is 10.6. The van der Waals surface area contributed by atoms with Crippen LogP contribution in [-0.2, 0) is 4.79 Å². The van der Waals surface area contributed by atoms with Crippen LogP contribution in [-0.4, -0.2) is 17.3 Å². The van der Waals surface area contributed by atoms with Crippen LogP contribution in [0.1, 0.15) is 39.0 Å². The lowest BCUT2D eigenvalue weighted by Crippen LogP contribution is -1.98. The fourth-order valence-corrected chi connectivity index (χ4v) is 2.95. The van der Waals surface area contributed by atoms with Gasteiger partial charge >= 0.3 is 0 Å². The molecule has 1 saturated heterocycles. The van der Waals surface area contributed by atoms with Gasteiger partial charge in [0.05, 0.1) is 0 Å². The fourth-order valence-electron chi connectivity index (χ4n) is 1.62. The topological polar surface area (TPSA) is 17.1 Å². The zero-order chi connectivity index (χ0) is 8.81. The number of unbranched alkanes of at least 4 members (excludes halogenated alkanes) is 1. The van der Waals surface area contributed by atoms with Crippen LogP contribution < -0.4 is 0 Å². The molecule has 0 aromatic rings. The Morgan fingerprint density at radius 3 is 2.92 bits per heavy atom. The summed E-state index contributed by atoms with van der Waals surface area (Å²) in [5.41, 5.74) is 0. The van der Waals surface area contributed by atoms with E-state index in [1.807, 2.05) is 0 Å². The van der Waals surface area contributed by atoms with Gasteiger partial charge in [0.15, 0.2) is 0 Å². The second kappa shape index (κ2) is 5.63. The predicted octanol–water partition coefficient (Wildman–Crippen LogP) is 2.89. The largest absolute Gasteiger partial charge is 0.300 e. The number of hydrogen-bond donors (Lipinski definition) is 0. The second-order valence-electron chi connectivity index (χ2n) is 3.68.